The molecule has 0 bridgehead atoms. The van der Waals surface area contributed by atoms with Crippen molar-refractivity contribution >= 4 is 12.0 Å². The molecule has 0 aromatic heterocycles. The van der Waals surface area contributed by atoms with Gasteiger partial charge in [-0.15, -0.1) is 0 Å². The summed E-state index contributed by atoms with van der Waals surface area (Å²) in [7, 11) is 3.08. The van der Waals surface area contributed by atoms with Gasteiger partial charge in [-0.2, -0.15) is 0 Å². The number of phenols is 2. The number of aliphatic carboxylic acids is 1. The molecule has 29 heavy (non-hydrogen) atoms. The van der Waals surface area contributed by atoms with Crippen LogP contribution in [-0.4, -0.2) is 35.5 Å². The topological polar surface area (TPSA) is 96.2 Å². The highest BCUT2D eigenvalue weighted by atomic mass is 16.5. The van der Waals surface area contributed by atoms with Gasteiger partial charge in [-0.1, -0.05) is 38.3 Å². The van der Waals surface area contributed by atoms with E-state index in [0.29, 0.717) is 11.5 Å². The van der Waals surface area contributed by atoms with Crippen molar-refractivity contribution in [2.75, 3.05) is 14.2 Å². The first-order valence-electron chi connectivity index (χ1n) is 9.55. The van der Waals surface area contributed by atoms with Gasteiger partial charge >= 0.3 is 5.97 Å². The highest BCUT2D eigenvalue weighted by Crippen LogP contribution is 2.28. The fourth-order valence-corrected chi connectivity index (χ4v) is 2.63. The first kappa shape index (κ1) is 23.9. The van der Waals surface area contributed by atoms with E-state index in [1.807, 2.05) is 0 Å². The zero-order valence-corrected chi connectivity index (χ0v) is 17.2. The second-order valence-corrected chi connectivity index (χ2v) is 6.41. The van der Waals surface area contributed by atoms with Gasteiger partial charge in [0, 0.05) is 12.1 Å². The predicted molar refractivity (Wildman–Crippen MR) is 114 cm³/mol. The van der Waals surface area contributed by atoms with Crippen molar-refractivity contribution < 1.29 is 29.6 Å². The Hall–Kier alpha value is -3.15. The molecule has 0 spiro atoms. The van der Waals surface area contributed by atoms with Crippen molar-refractivity contribution in [1.82, 2.24) is 0 Å². The second kappa shape index (κ2) is 13.1. The Labute approximate surface area is 172 Å². The summed E-state index contributed by atoms with van der Waals surface area (Å²) in [4.78, 5) is 10.3. The molecule has 6 heteroatoms. The number of benzene rings is 2. The summed E-state index contributed by atoms with van der Waals surface area (Å²) in [6, 6.07) is 9.99. The lowest BCUT2D eigenvalue weighted by Crippen LogP contribution is -1.91. The van der Waals surface area contributed by atoms with Crippen molar-refractivity contribution in [3.8, 4) is 23.0 Å². The lowest BCUT2D eigenvalue weighted by molar-refractivity contribution is -0.131. The van der Waals surface area contributed by atoms with E-state index < -0.39 is 5.97 Å². The Morgan fingerprint density at radius 1 is 0.966 bits per heavy atom. The molecule has 0 unspecified atom stereocenters. The van der Waals surface area contributed by atoms with E-state index in [0.717, 1.165) is 30.0 Å². The van der Waals surface area contributed by atoms with E-state index in [9.17, 15) is 9.90 Å². The van der Waals surface area contributed by atoms with Crippen molar-refractivity contribution in [3.05, 3.63) is 53.6 Å². The third-order valence-corrected chi connectivity index (χ3v) is 4.19. The molecule has 0 aliphatic rings. The van der Waals surface area contributed by atoms with Crippen LogP contribution >= 0.6 is 0 Å². The minimum Gasteiger partial charge on any atom is -0.508 e. The van der Waals surface area contributed by atoms with Gasteiger partial charge in [0.1, 0.15) is 11.5 Å². The highest BCUT2D eigenvalue weighted by Gasteiger charge is 2.03. The number of carbonyl (C=O) groups is 1. The van der Waals surface area contributed by atoms with E-state index in [-0.39, 0.29) is 11.5 Å². The Morgan fingerprint density at radius 2 is 1.69 bits per heavy atom. The van der Waals surface area contributed by atoms with E-state index in [1.54, 1.807) is 37.4 Å². The smallest absolute Gasteiger partial charge is 0.328 e. The van der Waals surface area contributed by atoms with Crippen LogP contribution < -0.4 is 9.47 Å². The molecule has 0 heterocycles. The lowest BCUT2D eigenvalue weighted by atomic mass is 10.1. The van der Waals surface area contributed by atoms with E-state index in [4.69, 9.17) is 19.7 Å². The van der Waals surface area contributed by atoms with Crippen LogP contribution in [0.3, 0.4) is 0 Å². The molecule has 0 atom stereocenters. The van der Waals surface area contributed by atoms with Crippen LogP contribution in [0.25, 0.3) is 6.08 Å². The molecule has 0 aliphatic heterocycles. The number of unbranched alkanes of at least 4 members (excludes halogenated alkanes) is 3. The average molecular weight is 402 g/mol. The summed E-state index contributed by atoms with van der Waals surface area (Å²) in [5.74, 6) is 0.543. The lowest BCUT2D eigenvalue weighted by Gasteiger charge is -2.07. The van der Waals surface area contributed by atoms with Crippen molar-refractivity contribution in [1.29, 1.82) is 0 Å². The Kier molecular flexibility index (Phi) is 10.8. The number of methoxy groups -OCH3 is 2. The molecule has 0 amide bonds. The van der Waals surface area contributed by atoms with Gasteiger partial charge in [0.15, 0.2) is 11.5 Å². The number of aromatic hydroxyl groups is 2. The largest absolute Gasteiger partial charge is 0.508 e. The Morgan fingerprint density at radius 3 is 2.28 bits per heavy atom. The Balaban J connectivity index is 0.000000291. The van der Waals surface area contributed by atoms with Crippen LogP contribution in [0.2, 0.25) is 0 Å². The summed E-state index contributed by atoms with van der Waals surface area (Å²) in [5.41, 5.74) is 1.67. The summed E-state index contributed by atoms with van der Waals surface area (Å²) in [6.07, 6.45) is 8.24. The fourth-order valence-electron chi connectivity index (χ4n) is 2.63. The number of carboxylic acid groups (broad SMARTS) is 1. The molecule has 2 aromatic carbocycles. The van der Waals surface area contributed by atoms with Crippen LogP contribution in [-0.2, 0) is 11.2 Å². The summed E-state index contributed by atoms with van der Waals surface area (Å²) in [6.45, 7) is 2.18. The van der Waals surface area contributed by atoms with Crippen molar-refractivity contribution in [2.45, 2.75) is 39.0 Å². The maximum atomic E-state index is 10.3. The standard InChI is InChI=1S/C12H18O2.C11H12O4/c1-2-3-4-5-6-10-7-8-11(13)9-12(10)14;1-14-9-5-3-8(4-6-11(12)13)7-10(9)15-2/h7-9,13-14H,2-6H2,1H3;3-7H,1-2H3,(H,12,13). The van der Waals surface area contributed by atoms with Crippen LogP contribution in [0.4, 0.5) is 0 Å². The number of rotatable bonds is 9. The van der Waals surface area contributed by atoms with Gasteiger partial charge in [-0.05, 0) is 48.2 Å². The third kappa shape index (κ3) is 9.06. The van der Waals surface area contributed by atoms with E-state index >= 15 is 0 Å². The molecule has 2 aromatic rings. The summed E-state index contributed by atoms with van der Waals surface area (Å²) in [5, 5.41) is 27.0. The number of hydrogen-bond donors (Lipinski definition) is 3. The quantitative estimate of drug-likeness (QED) is 0.402. The minimum absolute atomic E-state index is 0.125. The van der Waals surface area contributed by atoms with Crippen LogP contribution in [0.15, 0.2) is 42.5 Å². The minimum atomic E-state index is -0.982. The molecule has 6 nitrogen and oxygen atoms in total. The first-order valence-corrected chi connectivity index (χ1v) is 9.55. The van der Waals surface area contributed by atoms with Crippen molar-refractivity contribution in [3.63, 3.8) is 0 Å². The SMILES string of the molecule is CCCCCCc1ccc(O)cc1O.COc1ccc(C=CC(=O)O)cc1OC. The van der Waals surface area contributed by atoms with Crippen LogP contribution in [0.5, 0.6) is 23.0 Å². The van der Waals surface area contributed by atoms with E-state index in [1.165, 1.54) is 38.5 Å². The monoisotopic (exact) mass is 402 g/mol. The van der Waals surface area contributed by atoms with Gasteiger partial charge in [0.25, 0.3) is 0 Å². The molecule has 0 aliphatic carbocycles. The molecular weight excluding hydrogens is 372 g/mol. The molecule has 3 N–H and O–H groups in total. The molecule has 0 radical (unpaired) electrons. The predicted octanol–water partition coefficient (Wildman–Crippen LogP) is 5.02. The molecule has 0 saturated heterocycles. The number of hydrogen-bond acceptors (Lipinski definition) is 5. The molecule has 0 fully saturated rings. The van der Waals surface area contributed by atoms with Crippen LogP contribution in [0, 0.1) is 0 Å². The normalized spacial score (nSPS) is 10.3. The van der Waals surface area contributed by atoms with Gasteiger partial charge in [0.2, 0.25) is 0 Å². The number of aryl methyl sites for hydroxylation is 1. The Bertz CT molecular complexity index is 798. The highest BCUT2D eigenvalue weighted by molar-refractivity contribution is 5.85. The van der Waals surface area contributed by atoms with Gasteiger partial charge in [-0.25, -0.2) is 4.79 Å². The fraction of sp³-hybridized carbons (Fsp3) is 0.348. The molecule has 158 valence electrons. The van der Waals surface area contributed by atoms with E-state index in [2.05, 4.69) is 6.92 Å². The zero-order chi connectivity index (χ0) is 21.6. The number of ether oxygens (including phenoxy) is 2. The first-order chi connectivity index (χ1) is 13.9. The van der Waals surface area contributed by atoms with Gasteiger partial charge < -0.3 is 24.8 Å². The van der Waals surface area contributed by atoms with Crippen LogP contribution in [0.1, 0.15) is 43.7 Å². The average Bonchev–Trinajstić information content (AvgIpc) is 2.71. The molecule has 0 saturated carbocycles. The number of carboxylic acids is 1. The number of phenolic OH excluding ortho intramolecular Hbond substituents is 2. The molecular formula is C23H30O6. The molecule has 2 rings (SSSR count). The maximum Gasteiger partial charge on any atom is 0.328 e. The third-order valence-electron chi connectivity index (χ3n) is 4.19. The second-order valence-electron chi connectivity index (χ2n) is 6.41. The van der Waals surface area contributed by atoms with Gasteiger partial charge in [-0.3, -0.25) is 0 Å². The summed E-state index contributed by atoms with van der Waals surface area (Å²) >= 11 is 0. The zero-order valence-electron chi connectivity index (χ0n) is 17.2. The van der Waals surface area contributed by atoms with Crippen molar-refractivity contribution in [2.24, 2.45) is 0 Å². The summed E-state index contributed by atoms with van der Waals surface area (Å²) < 4.78 is 10.1. The maximum absolute atomic E-state index is 10.3. The van der Waals surface area contributed by atoms with Gasteiger partial charge in [0.05, 0.1) is 14.2 Å².